The molecule has 0 aliphatic carbocycles. The molecule has 1 saturated heterocycles. The van der Waals surface area contributed by atoms with E-state index < -0.39 is 0 Å². The number of pyridine rings is 1. The molecule has 0 aromatic carbocycles. The average Bonchev–Trinajstić information content (AvgIpc) is 3.22. The summed E-state index contributed by atoms with van der Waals surface area (Å²) in [5.41, 5.74) is 1.75. The van der Waals surface area contributed by atoms with Gasteiger partial charge in [-0.15, -0.1) is 11.3 Å². The standard InChI is InChI=1S/C17H20N4OS/c1-12-5-6-14(23-12)11-20-9-7-13(10-20)21-16-15(4-3-8-18-16)19(2)17(21)22/h3-6,8,13H,7,9-11H2,1-2H3. The summed E-state index contributed by atoms with van der Waals surface area (Å²) < 4.78 is 3.59. The molecule has 5 nitrogen and oxygen atoms in total. The van der Waals surface area contributed by atoms with Crippen molar-refractivity contribution in [1.82, 2.24) is 19.0 Å². The van der Waals surface area contributed by atoms with E-state index in [4.69, 9.17) is 0 Å². The molecule has 23 heavy (non-hydrogen) atoms. The van der Waals surface area contributed by atoms with Gasteiger partial charge in [0.1, 0.15) is 0 Å². The van der Waals surface area contributed by atoms with Crippen molar-refractivity contribution in [1.29, 1.82) is 0 Å². The van der Waals surface area contributed by atoms with E-state index in [2.05, 4.69) is 28.9 Å². The third-order valence-electron chi connectivity index (χ3n) is 4.64. The molecule has 0 radical (unpaired) electrons. The summed E-state index contributed by atoms with van der Waals surface area (Å²) in [6.07, 6.45) is 2.76. The fourth-order valence-corrected chi connectivity index (χ4v) is 4.41. The van der Waals surface area contributed by atoms with Crippen molar-refractivity contribution in [2.24, 2.45) is 7.05 Å². The first-order chi connectivity index (χ1) is 11.1. The lowest BCUT2D eigenvalue weighted by Gasteiger charge is -2.15. The molecular formula is C17H20N4OS. The minimum absolute atomic E-state index is 0.0394. The minimum atomic E-state index is 0.0394. The van der Waals surface area contributed by atoms with Crippen molar-refractivity contribution >= 4 is 22.5 Å². The molecule has 1 fully saturated rings. The van der Waals surface area contributed by atoms with Crippen LogP contribution in [0.5, 0.6) is 0 Å². The normalized spacial score (nSPS) is 19.0. The van der Waals surface area contributed by atoms with E-state index in [-0.39, 0.29) is 11.7 Å². The molecule has 1 unspecified atom stereocenters. The highest BCUT2D eigenvalue weighted by Crippen LogP contribution is 2.26. The number of thiophene rings is 1. The van der Waals surface area contributed by atoms with Crippen LogP contribution in [-0.4, -0.2) is 32.1 Å². The summed E-state index contributed by atoms with van der Waals surface area (Å²) in [6.45, 7) is 5.05. The number of hydrogen-bond acceptors (Lipinski definition) is 4. The average molecular weight is 328 g/mol. The summed E-state index contributed by atoms with van der Waals surface area (Å²) in [5.74, 6) is 0. The number of fused-ring (bicyclic) bond motifs is 1. The van der Waals surface area contributed by atoms with Crippen LogP contribution in [0.4, 0.5) is 0 Å². The maximum absolute atomic E-state index is 12.6. The summed E-state index contributed by atoms with van der Waals surface area (Å²) in [6, 6.07) is 8.43. The quantitative estimate of drug-likeness (QED) is 0.742. The molecule has 1 aliphatic heterocycles. The second-order valence-corrected chi connectivity index (χ2v) is 7.62. The molecule has 0 N–H and O–H groups in total. The highest BCUT2D eigenvalue weighted by molar-refractivity contribution is 7.11. The zero-order chi connectivity index (χ0) is 16.0. The Labute approximate surface area is 138 Å². The number of imidazole rings is 1. The second-order valence-electron chi connectivity index (χ2n) is 6.25. The van der Waals surface area contributed by atoms with Crippen molar-refractivity contribution < 1.29 is 0 Å². The Kier molecular flexibility index (Phi) is 3.58. The van der Waals surface area contributed by atoms with Crippen LogP contribution in [0.15, 0.2) is 35.3 Å². The van der Waals surface area contributed by atoms with Gasteiger partial charge < -0.3 is 0 Å². The van der Waals surface area contributed by atoms with Gasteiger partial charge >= 0.3 is 5.69 Å². The molecule has 4 rings (SSSR count). The summed E-state index contributed by atoms with van der Waals surface area (Å²) >= 11 is 1.85. The zero-order valence-electron chi connectivity index (χ0n) is 13.4. The monoisotopic (exact) mass is 328 g/mol. The van der Waals surface area contributed by atoms with Gasteiger partial charge in [-0.3, -0.25) is 14.0 Å². The Bertz CT molecular complexity index is 907. The smallest absolute Gasteiger partial charge is 0.296 e. The van der Waals surface area contributed by atoms with Crippen molar-refractivity contribution in [3.8, 4) is 0 Å². The van der Waals surface area contributed by atoms with Gasteiger partial charge in [0.05, 0.1) is 11.6 Å². The number of likely N-dealkylation sites (tertiary alicyclic amines) is 1. The molecule has 0 saturated carbocycles. The van der Waals surface area contributed by atoms with Gasteiger partial charge in [0.15, 0.2) is 5.65 Å². The van der Waals surface area contributed by atoms with Crippen LogP contribution >= 0.6 is 11.3 Å². The fourth-order valence-electron chi connectivity index (χ4n) is 3.48. The highest BCUT2D eigenvalue weighted by atomic mass is 32.1. The Morgan fingerprint density at radius 2 is 2.22 bits per heavy atom. The number of hydrogen-bond donors (Lipinski definition) is 0. The maximum Gasteiger partial charge on any atom is 0.330 e. The van der Waals surface area contributed by atoms with Crippen LogP contribution in [0.2, 0.25) is 0 Å². The largest absolute Gasteiger partial charge is 0.330 e. The fraction of sp³-hybridized carbons (Fsp3) is 0.412. The predicted molar refractivity (Wildman–Crippen MR) is 93.0 cm³/mol. The van der Waals surface area contributed by atoms with E-state index >= 15 is 0 Å². The van der Waals surface area contributed by atoms with Gasteiger partial charge in [-0.25, -0.2) is 9.78 Å². The van der Waals surface area contributed by atoms with E-state index in [0.29, 0.717) is 0 Å². The first-order valence-corrected chi connectivity index (χ1v) is 8.75. The summed E-state index contributed by atoms with van der Waals surface area (Å²) in [5, 5.41) is 0. The minimum Gasteiger partial charge on any atom is -0.296 e. The molecule has 0 amide bonds. The second kappa shape index (κ2) is 5.62. The summed E-state index contributed by atoms with van der Waals surface area (Å²) in [7, 11) is 1.82. The van der Waals surface area contributed by atoms with Crippen LogP contribution < -0.4 is 5.69 Å². The predicted octanol–water partition coefficient (Wildman–Crippen LogP) is 2.55. The van der Waals surface area contributed by atoms with Crippen molar-refractivity contribution in [2.45, 2.75) is 25.9 Å². The first-order valence-electron chi connectivity index (χ1n) is 7.93. The van der Waals surface area contributed by atoms with E-state index in [9.17, 15) is 4.79 Å². The Morgan fingerprint density at radius 3 is 3.00 bits per heavy atom. The van der Waals surface area contributed by atoms with Gasteiger partial charge in [-0.05, 0) is 37.6 Å². The van der Waals surface area contributed by atoms with Crippen molar-refractivity contribution in [3.63, 3.8) is 0 Å². The van der Waals surface area contributed by atoms with Gasteiger partial charge in [0.2, 0.25) is 0 Å². The molecule has 6 heteroatoms. The topological polar surface area (TPSA) is 43.1 Å². The lowest BCUT2D eigenvalue weighted by Crippen LogP contribution is -2.28. The molecule has 120 valence electrons. The number of aryl methyl sites for hydroxylation is 2. The van der Waals surface area contributed by atoms with E-state index in [1.54, 1.807) is 10.8 Å². The molecule has 4 heterocycles. The molecule has 1 atom stereocenters. The Balaban J connectivity index is 1.61. The molecule has 3 aromatic heterocycles. The molecular weight excluding hydrogens is 308 g/mol. The van der Waals surface area contributed by atoms with Gasteiger partial charge in [-0.1, -0.05) is 0 Å². The Hall–Kier alpha value is -1.92. The number of nitrogens with zero attached hydrogens (tertiary/aromatic N) is 4. The van der Waals surface area contributed by atoms with Crippen molar-refractivity contribution in [3.05, 3.63) is 50.7 Å². The van der Waals surface area contributed by atoms with E-state index in [1.165, 1.54) is 9.75 Å². The van der Waals surface area contributed by atoms with Crippen molar-refractivity contribution in [2.75, 3.05) is 13.1 Å². The molecule has 3 aromatic rings. The highest BCUT2D eigenvalue weighted by Gasteiger charge is 2.28. The van der Waals surface area contributed by atoms with Crippen LogP contribution in [0.3, 0.4) is 0 Å². The van der Waals surface area contributed by atoms with Crippen LogP contribution in [0.25, 0.3) is 11.2 Å². The van der Waals surface area contributed by atoms with Gasteiger partial charge in [0, 0.05) is 42.6 Å². The molecule has 0 bridgehead atoms. The number of aromatic nitrogens is 3. The van der Waals surface area contributed by atoms with E-state index in [0.717, 1.165) is 37.2 Å². The zero-order valence-corrected chi connectivity index (χ0v) is 14.2. The first kappa shape index (κ1) is 14.7. The third kappa shape index (κ3) is 2.52. The molecule has 1 aliphatic rings. The lowest BCUT2D eigenvalue weighted by atomic mass is 10.2. The maximum atomic E-state index is 12.6. The van der Waals surface area contributed by atoms with Crippen LogP contribution in [-0.2, 0) is 13.6 Å². The van der Waals surface area contributed by atoms with Crippen LogP contribution in [0, 0.1) is 6.92 Å². The Morgan fingerprint density at radius 1 is 1.35 bits per heavy atom. The molecule has 0 spiro atoms. The lowest BCUT2D eigenvalue weighted by molar-refractivity contribution is 0.318. The summed E-state index contributed by atoms with van der Waals surface area (Å²) in [4.78, 5) is 22.2. The third-order valence-corrected chi connectivity index (χ3v) is 5.62. The number of rotatable bonds is 3. The van der Waals surface area contributed by atoms with E-state index in [1.807, 2.05) is 35.1 Å². The van der Waals surface area contributed by atoms with Gasteiger partial charge in [-0.2, -0.15) is 0 Å². The SMILES string of the molecule is Cc1ccc(CN2CCC(n3c(=O)n(C)c4cccnc43)C2)s1. The van der Waals surface area contributed by atoms with Gasteiger partial charge in [0.25, 0.3) is 0 Å². The van der Waals surface area contributed by atoms with Crippen LogP contribution in [0.1, 0.15) is 22.2 Å².